The second kappa shape index (κ2) is 13.2. The monoisotopic (exact) mass is 708 g/mol. The summed E-state index contributed by atoms with van der Waals surface area (Å²) in [6, 6.07) is 6.83. The number of fused-ring (bicyclic) bond motifs is 2. The second-order valence-corrected chi connectivity index (χ2v) is 15.1. The zero-order valence-corrected chi connectivity index (χ0v) is 29.0. The van der Waals surface area contributed by atoms with Crippen molar-refractivity contribution >= 4 is 63.4 Å². The number of aromatic nitrogens is 2. The minimum atomic E-state index is -4.21. The summed E-state index contributed by atoms with van der Waals surface area (Å²) in [5.74, 6) is -0.604. The quantitative estimate of drug-likeness (QED) is 0.240. The lowest BCUT2D eigenvalue weighted by Gasteiger charge is -2.31. The van der Waals surface area contributed by atoms with Gasteiger partial charge in [0.1, 0.15) is 0 Å². The van der Waals surface area contributed by atoms with Gasteiger partial charge in [-0.3, -0.25) is 9.59 Å². The fourth-order valence-electron chi connectivity index (χ4n) is 6.89. The highest BCUT2D eigenvalue weighted by molar-refractivity contribution is 6.39. The Hall–Kier alpha value is -3.22. The molecule has 260 valence electrons. The number of hydrogen-bond acceptors (Lipinski definition) is 6. The highest BCUT2D eigenvalue weighted by Crippen LogP contribution is 2.40. The number of ether oxygens (including phenoxy) is 1. The number of nitrogens with one attached hydrogen (secondary N) is 3. The topological polar surface area (TPSA) is 101 Å². The molecule has 0 radical (unpaired) electrons. The van der Waals surface area contributed by atoms with Gasteiger partial charge in [0, 0.05) is 50.0 Å². The molecule has 1 aliphatic carbocycles. The lowest BCUT2D eigenvalue weighted by Crippen LogP contribution is -2.40. The van der Waals surface area contributed by atoms with Gasteiger partial charge in [0.25, 0.3) is 5.91 Å². The number of carbonyl (C=O) groups excluding carboxylic acids is 2. The molecule has 0 spiro atoms. The van der Waals surface area contributed by atoms with Crippen molar-refractivity contribution in [2.24, 2.45) is 30.2 Å². The molecule has 3 aromatic rings. The number of imidazole rings is 1. The Labute approximate surface area is 287 Å². The van der Waals surface area contributed by atoms with Crippen LogP contribution in [0.3, 0.4) is 0 Å². The molecule has 2 aliphatic heterocycles. The molecule has 2 amide bonds. The molecule has 1 aromatic heterocycles. The molecule has 0 bridgehead atoms. The molecule has 3 N–H and O–H groups in total. The van der Waals surface area contributed by atoms with Gasteiger partial charge in [0.05, 0.1) is 57.1 Å². The first-order valence-electron chi connectivity index (χ1n) is 16.3. The largest absolute Gasteiger partial charge is 0.391 e. The Morgan fingerprint density at radius 2 is 1.69 bits per heavy atom. The fourth-order valence-corrected chi connectivity index (χ4v) is 7.43. The predicted octanol–water partition coefficient (Wildman–Crippen LogP) is 7.22. The molecule has 1 saturated carbocycles. The van der Waals surface area contributed by atoms with Crippen LogP contribution in [0, 0.1) is 23.2 Å². The van der Waals surface area contributed by atoms with E-state index in [1.165, 1.54) is 0 Å². The van der Waals surface area contributed by atoms with Crippen LogP contribution >= 0.6 is 23.2 Å². The molecule has 3 heterocycles. The number of hydrogen-bond donors (Lipinski definition) is 3. The first-order valence-corrected chi connectivity index (χ1v) is 17.1. The number of benzene rings is 2. The third-order valence-corrected chi connectivity index (χ3v) is 10.6. The number of rotatable bonds is 7. The third-order valence-electron chi connectivity index (χ3n) is 9.88. The van der Waals surface area contributed by atoms with Crippen molar-refractivity contribution in [1.82, 2.24) is 20.2 Å². The minimum Gasteiger partial charge on any atom is -0.381 e. The molecule has 3 aliphatic rings. The number of halogens is 5. The van der Waals surface area contributed by atoms with Crippen LogP contribution in [0.1, 0.15) is 62.4 Å². The summed E-state index contributed by atoms with van der Waals surface area (Å²) in [7, 11) is 1.85. The number of nitrogens with zero attached hydrogens (tertiary/aromatic N) is 3. The molecule has 2 aromatic carbocycles. The highest BCUT2D eigenvalue weighted by atomic mass is 35.5. The van der Waals surface area contributed by atoms with E-state index in [2.05, 4.69) is 20.9 Å². The molecule has 3 fully saturated rings. The van der Waals surface area contributed by atoms with Gasteiger partial charge >= 0.3 is 6.18 Å². The maximum atomic E-state index is 13.8. The van der Waals surface area contributed by atoms with Gasteiger partial charge in [-0.05, 0) is 49.4 Å². The average molecular weight is 710 g/mol. The number of carbonyl (C=O) groups is 2. The van der Waals surface area contributed by atoms with Crippen LogP contribution in [0.4, 0.5) is 30.5 Å². The molecule has 9 nitrogen and oxygen atoms in total. The normalized spacial score (nSPS) is 23.0. The Morgan fingerprint density at radius 3 is 2.31 bits per heavy atom. The lowest BCUT2D eigenvalue weighted by molar-refractivity contribution is -0.182. The van der Waals surface area contributed by atoms with E-state index in [9.17, 15) is 22.8 Å². The third kappa shape index (κ3) is 7.07. The molecule has 6 rings (SSSR count). The molecule has 14 heteroatoms. The zero-order chi connectivity index (χ0) is 34.5. The summed E-state index contributed by atoms with van der Waals surface area (Å²) >= 11 is 13.4. The van der Waals surface area contributed by atoms with Crippen LogP contribution in [-0.4, -0.2) is 59.9 Å². The maximum absolute atomic E-state index is 13.8. The highest BCUT2D eigenvalue weighted by Gasteiger charge is 2.42. The Kier molecular flexibility index (Phi) is 9.56. The standard InChI is InChI=1S/C34H41Cl2F3N6O3/c1-33(2,3)31(47)40-13-18-5-10-24(35)29(28(18)36)43-32-42-25-11-23(30(46)41-22-8-6-21(7-9-22)34(37,38)39)26(12-27(25)44(32)4)45-14-19-16-48-17-20(19)15-45/h5,10-12,19-22H,6-9,13-17H2,1-4H3,(H,40,47)(H,41,46)(H,42,43)/t19?,20?,21-,22-. The Balaban J connectivity index is 1.29. The number of aryl methyl sites for hydroxylation is 1. The van der Waals surface area contributed by atoms with E-state index >= 15 is 0 Å². The van der Waals surface area contributed by atoms with Crippen LogP contribution in [-0.2, 0) is 23.1 Å². The van der Waals surface area contributed by atoms with Crippen LogP contribution in [0.5, 0.6) is 0 Å². The zero-order valence-electron chi connectivity index (χ0n) is 27.4. The van der Waals surface area contributed by atoms with Crippen molar-refractivity contribution in [3.63, 3.8) is 0 Å². The van der Waals surface area contributed by atoms with Crippen LogP contribution < -0.4 is 20.9 Å². The first kappa shape index (κ1) is 34.6. The van der Waals surface area contributed by atoms with Crippen LogP contribution in [0.25, 0.3) is 11.0 Å². The van der Waals surface area contributed by atoms with Gasteiger partial charge in [0.15, 0.2) is 0 Å². The van der Waals surface area contributed by atoms with Gasteiger partial charge in [-0.25, -0.2) is 4.98 Å². The average Bonchev–Trinajstić information content (AvgIpc) is 3.71. The van der Waals surface area contributed by atoms with E-state index in [1.807, 2.05) is 38.5 Å². The van der Waals surface area contributed by atoms with Crippen LogP contribution in [0.2, 0.25) is 10.0 Å². The van der Waals surface area contributed by atoms with Crippen molar-refractivity contribution < 1.29 is 27.5 Å². The van der Waals surface area contributed by atoms with E-state index in [0.29, 0.717) is 63.4 Å². The first-order chi connectivity index (χ1) is 22.6. The summed E-state index contributed by atoms with van der Waals surface area (Å²) in [5.41, 5.74) is 3.05. The number of anilines is 3. The Morgan fingerprint density at radius 1 is 1.02 bits per heavy atom. The molecular formula is C34H41Cl2F3N6O3. The van der Waals surface area contributed by atoms with E-state index in [4.69, 9.17) is 32.9 Å². The van der Waals surface area contributed by atoms with Gasteiger partial charge < -0.3 is 30.2 Å². The molecule has 48 heavy (non-hydrogen) atoms. The van der Waals surface area contributed by atoms with E-state index in [-0.39, 0.29) is 50.1 Å². The van der Waals surface area contributed by atoms with Gasteiger partial charge in [-0.15, -0.1) is 0 Å². The summed E-state index contributed by atoms with van der Waals surface area (Å²) in [5, 5.41) is 9.90. The summed E-state index contributed by atoms with van der Waals surface area (Å²) in [6.45, 7) is 8.53. The number of amides is 2. The van der Waals surface area contributed by atoms with Crippen LogP contribution in [0.15, 0.2) is 24.3 Å². The predicted molar refractivity (Wildman–Crippen MR) is 181 cm³/mol. The smallest absolute Gasteiger partial charge is 0.381 e. The van der Waals surface area contributed by atoms with E-state index < -0.39 is 17.5 Å². The van der Waals surface area contributed by atoms with Gasteiger partial charge in [-0.2, -0.15) is 13.2 Å². The van der Waals surface area contributed by atoms with Gasteiger partial charge in [-0.1, -0.05) is 50.0 Å². The second-order valence-electron chi connectivity index (χ2n) is 14.3. The minimum absolute atomic E-state index is 0.000370. The van der Waals surface area contributed by atoms with Gasteiger partial charge in [0.2, 0.25) is 11.9 Å². The molecule has 2 atom stereocenters. The van der Waals surface area contributed by atoms with Crippen molar-refractivity contribution in [1.29, 1.82) is 0 Å². The summed E-state index contributed by atoms with van der Waals surface area (Å²) in [4.78, 5) is 33.3. The van der Waals surface area contributed by atoms with Crippen molar-refractivity contribution in [3.05, 3.63) is 45.4 Å². The molecule has 2 saturated heterocycles. The fraction of sp³-hybridized carbons (Fsp3) is 0.559. The van der Waals surface area contributed by atoms with Crippen molar-refractivity contribution in [2.75, 3.05) is 36.5 Å². The molecular weight excluding hydrogens is 668 g/mol. The van der Waals surface area contributed by atoms with Crippen molar-refractivity contribution in [3.8, 4) is 0 Å². The summed E-state index contributed by atoms with van der Waals surface area (Å²) in [6.07, 6.45) is -3.66. The summed E-state index contributed by atoms with van der Waals surface area (Å²) < 4.78 is 47.3. The van der Waals surface area contributed by atoms with Crippen molar-refractivity contribution in [2.45, 2.75) is 65.2 Å². The molecule has 2 unspecified atom stereocenters. The van der Waals surface area contributed by atoms with E-state index in [1.54, 1.807) is 18.2 Å². The van der Waals surface area contributed by atoms with E-state index in [0.717, 1.165) is 24.3 Å². The lowest BCUT2D eigenvalue weighted by atomic mass is 9.85. The Bertz CT molecular complexity index is 1700. The number of alkyl halides is 3. The maximum Gasteiger partial charge on any atom is 0.391 e. The SMILES string of the molecule is Cn1c(Nc2c(Cl)ccc(CNC(=O)C(C)(C)C)c2Cl)nc2cc(C(=O)N[C@H]3CC[C@H](C(F)(F)F)CC3)c(N3CC4COCC4C3)cc21.